The number of anilines is 1. The highest BCUT2D eigenvalue weighted by atomic mass is 16.5. The van der Waals surface area contributed by atoms with Crippen molar-refractivity contribution in [2.45, 2.75) is 25.9 Å². The zero-order valence-corrected chi connectivity index (χ0v) is 16.1. The number of aryl methyl sites for hydroxylation is 1. The van der Waals surface area contributed by atoms with Gasteiger partial charge in [-0.3, -0.25) is 4.90 Å². The van der Waals surface area contributed by atoms with Gasteiger partial charge in [0.15, 0.2) is 5.76 Å². The fraction of sp³-hybridized carbons (Fsp3) is 0.632. The molecule has 0 N–H and O–H groups in total. The second-order valence-electron chi connectivity index (χ2n) is 7.12. The van der Waals surface area contributed by atoms with Gasteiger partial charge in [-0.1, -0.05) is 5.16 Å². The maximum absolute atomic E-state index is 5.92. The highest BCUT2D eigenvalue weighted by Gasteiger charge is 2.27. The molecule has 2 fully saturated rings. The number of ether oxygens (including phenoxy) is 2. The quantitative estimate of drug-likeness (QED) is 0.762. The SMILES string of the molecule is COCCN1CCN(c2ncc(-c3cc(C)no3)c([C@H]3CCCO3)n2)CC1. The van der Waals surface area contributed by atoms with Crippen molar-refractivity contribution in [1.82, 2.24) is 20.0 Å². The smallest absolute Gasteiger partial charge is 0.225 e. The number of nitrogens with zero attached hydrogens (tertiary/aromatic N) is 5. The third-order valence-electron chi connectivity index (χ3n) is 5.20. The van der Waals surface area contributed by atoms with E-state index in [-0.39, 0.29) is 6.10 Å². The molecule has 4 heterocycles. The summed E-state index contributed by atoms with van der Waals surface area (Å²) in [6, 6.07) is 1.92. The third kappa shape index (κ3) is 4.12. The van der Waals surface area contributed by atoms with Crippen molar-refractivity contribution in [1.29, 1.82) is 0 Å². The largest absolute Gasteiger partial charge is 0.383 e. The van der Waals surface area contributed by atoms with E-state index >= 15 is 0 Å². The molecule has 146 valence electrons. The normalized spacial score (nSPS) is 21.1. The van der Waals surface area contributed by atoms with E-state index in [0.29, 0.717) is 5.76 Å². The van der Waals surface area contributed by atoms with Crippen molar-refractivity contribution in [2.24, 2.45) is 0 Å². The van der Waals surface area contributed by atoms with Gasteiger partial charge >= 0.3 is 0 Å². The Morgan fingerprint density at radius 3 is 2.78 bits per heavy atom. The first-order valence-electron chi connectivity index (χ1n) is 9.63. The molecule has 0 unspecified atom stereocenters. The maximum atomic E-state index is 5.92. The Labute approximate surface area is 159 Å². The standard InChI is InChI=1S/C19H27N5O3/c1-14-12-17(27-22-14)15-13-20-19(21-18(15)16-4-3-10-26-16)24-7-5-23(6-8-24)9-11-25-2/h12-13,16H,3-11H2,1-2H3/t16-/m1/s1. The summed E-state index contributed by atoms with van der Waals surface area (Å²) in [5.74, 6) is 1.47. The average Bonchev–Trinajstić information content (AvgIpc) is 3.38. The minimum Gasteiger partial charge on any atom is -0.383 e. The second-order valence-corrected chi connectivity index (χ2v) is 7.12. The lowest BCUT2D eigenvalue weighted by molar-refractivity contribution is 0.109. The molecule has 0 amide bonds. The predicted molar refractivity (Wildman–Crippen MR) is 101 cm³/mol. The first-order chi connectivity index (χ1) is 13.2. The zero-order valence-electron chi connectivity index (χ0n) is 16.1. The number of hydrogen-bond donors (Lipinski definition) is 0. The Morgan fingerprint density at radius 1 is 1.26 bits per heavy atom. The van der Waals surface area contributed by atoms with Gasteiger partial charge in [0.1, 0.15) is 6.10 Å². The van der Waals surface area contributed by atoms with Gasteiger partial charge in [0.05, 0.1) is 23.6 Å². The molecule has 2 aliphatic heterocycles. The number of piperazine rings is 1. The van der Waals surface area contributed by atoms with E-state index in [0.717, 1.165) is 81.7 Å². The molecule has 8 nitrogen and oxygen atoms in total. The van der Waals surface area contributed by atoms with Crippen molar-refractivity contribution < 1.29 is 14.0 Å². The van der Waals surface area contributed by atoms with Gasteiger partial charge in [-0.2, -0.15) is 0 Å². The van der Waals surface area contributed by atoms with Gasteiger partial charge in [0.2, 0.25) is 5.95 Å². The first kappa shape index (κ1) is 18.3. The highest BCUT2D eigenvalue weighted by molar-refractivity contribution is 5.61. The van der Waals surface area contributed by atoms with Gasteiger partial charge in [-0.15, -0.1) is 0 Å². The molecule has 0 bridgehead atoms. The summed E-state index contributed by atoms with van der Waals surface area (Å²) in [5, 5.41) is 4.01. The van der Waals surface area contributed by atoms with E-state index in [1.807, 2.05) is 19.2 Å². The lowest BCUT2D eigenvalue weighted by Gasteiger charge is -2.34. The van der Waals surface area contributed by atoms with E-state index in [2.05, 4.69) is 19.9 Å². The number of methoxy groups -OCH3 is 1. The van der Waals surface area contributed by atoms with Crippen molar-refractivity contribution in [2.75, 3.05) is 57.9 Å². The van der Waals surface area contributed by atoms with Crippen LogP contribution in [0.3, 0.4) is 0 Å². The van der Waals surface area contributed by atoms with Gasteiger partial charge < -0.3 is 18.9 Å². The van der Waals surface area contributed by atoms with E-state index in [4.69, 9.17) is 19.0 Å². The lowest BCUT2D eigenvalue weighted by atomic mass is 10.1. The summed E-state index contributed by atoms with van der Waals surface area (Å²) in [4.78, 5) is 14.2. The van der Waals surface area contributed by atoms with E-state index in [1.54, 1.807) is 7.11 Å². The third-order valence-corrected chi connectivity index (χ3v) is 5.20. The molecular formula is C19H27N5O3. The molecule has 0 saturated carbocycles. The predicted octanol–water partition coefficient (Wildman–Crippen LogP) is 2.06. The number of aromatic nitrogens is 3. The van der Waals surface area contributed by atoms with Crippen LogP contribution in [0, 0.1) is 6.92 Å². The topological polar surface area (TPSA) is 76.8 Å². The minimum atomic E-state index is -0.00449. The Kier molecular flexibility index (Phi) is 5.66. The van der Waals surface area contributed by atoms with Crippen LogP contribution >= 0.6 is 0 Å². The average molecular weight is 373 g/mol. The molecule has 0 radical (unpaired) electrons. The van der Waals surface area contributed by atoms with Crippen LogP contribution in [0.25, 0.3) is 11.3 Å². The van der Waals surface area contributed by atoms with Crippen LogP contribution in [0.1, 0.15) is 30.3 Å². The van der Waals surface area contributed by atoms with Gasteiger partial charge in [0.25, 0.3) is 0 Å². The molecule has 1 atom stereocenters. The van der Waals surface area contributed by atoms with Crippen LogP contribution in [0.2, 0.25) is 0 Å². The summed E-state index contributed by atoms with van der Waals surface area (Å²) in [6.45, 7) is 8.23. The van der Waals surface area contributed by atoms with E-state index < -0.39 is 0 Å². The minimum absolute atomic E-state index is 0.00449. The maximum Gasteiger partial charge on any atom is 0.225 e. The zero-order chi connectivity index (χ0) is 18.6. The van der Waals surface area contributed by atoms with E-state index in [1.165, 1.54) is 0 Å². The molecule has 0 aromatic carbocycles. The Hall–Kier alpha value is -2.03. The highest BCUT2D eigenvalue weighted by Crippen LogP contribution is 2.35. The molecular weight excluding hydrogens is 346 g/mol. The number of rotatable bonds is 6. The van der Waals surface area contributed by atoms with E-state index in [9.17, 15) is 0 Å². The van der Waals surface area contributed by atoms with Crippen molar-refractivity contribution >= 4 is 5.95 Å². The summed E-state index contributed by atoms with van der Waals surface area (Å²) >= 11 is 0. The fourth-order valence-electron chi connectivity index (χ4n) is 3.65. The summed E-state index contributed by atoms with van der Waals surface area (Å²) < 4.78 is 16.6. The monoisotopic (exact) mass is 373 g/mol. The number of hydrogen-bond acceptors (Lipinski definition) is 8. The van der Waals surface area contributed by atoms with Crippen molar-refractivity contribution in [3.63, 3.8) is 0 Å². The Balaban J connectivity index is 1.55. The summed E-state index contributed by atoms with van der Waals surface area (Å²) in [6.07, 6.45) is 3.88. The fourth-order valence-corrected chi connectivity index (χ4v) is 3.65. The molecule has 0 aliphatic carbocycles. The van der Waals surface area contributed by atoms with Crippen LogP contribution in [-0.4, -0.2) is 73.1 Å². The van der Waals surface area contributed by atoms with Gasteiger partial charge in [-0.05, 0) is 19.8 Å². The molecule has 0 spiro atoms. The molecule has 8 heteroatoms. The van der Waals surface area contributed by atoms with Crippen LogP contribution in [0.15, 0.2) is 16.8 Å². The molecule has 4 rings (SSSR count). The molecule has 2 saturated heterocycles. The van der Waals surface area contributed by atoms with Crippen LogP contribution < -0.4 is 4.90 Å². The molecule has 27 heavy (non-hydrogen) atoms. The van der Waals surface area contributed by atoms with Gasteiger partial charge in [0, 0.05) is 58.7 Å². The summed E-state index contributed by atoms with van der Waals surface area (Å²) in [7, 11) is 1.74. The lowest BCUT2D eigenvalue weighted by Crippen LogP contribution is -2.47. The van der Waals surface area contributed by atoms with Crippen molar-refractivity contribution in [3.8, 4) is 11.3 Å². The molecule has 2 aromatic heterocycles. The molecule has 2 aliphatic rings. The van der Waals surface area contributed by atoms with Crippen molar-refractivity contribution in [3.05, 3.63) is 23.7 Å². The molecule has 2 aromatic rings. The summed E-state index contributed by atoms with van der Waals surface area (Å²) in [5.41, 5.74) is 2.64. The van der Waals surface area contributed by atoms with Crippen LogP contribution in [0.4, 0.5) is 5.95 Å². The first-order valence-corrected chi connectivity index (χ1v) is 9.63. The van der Waals surface area contributed by atoms with Gasteiger partial charge in [-0.25, -0.2) is 9.97 Å². The van der Waals surface area contributed by atoms with Crippen LogP contribution in [-0.2, 0) is 9.47 Å². The Morgan fingerprint density at radius 2 is 2.11 bits per heavy atom. The van der Waals surface area contributed by atoms with Crippen LogP contribution in [0.5, 0.6) is 0 Å². The Bertz CT molecular complexity index is 752. The second kappa shape index (κ2) is 8.33.